The summed E-state index contributed by atoms with van der Waals surface area (Å²) in [5, 5.41) is 5.07. The number of benzene rings is 6. The SMILES string of the molecule is NCc1ccc2c(c1)CCCC2.NCc1ccc2ccccc2c1.NCc1cccc2c1CCCC2.NCc1cccc2ccccc12. The third-order valence-electron chi connectivity index (χ3n) is 9.51. The van der Waals surface area contributed by atoms with E-state index < -0.39 is 0 Å². The number of aryl methyl sites for hydroxylation is 3. The molecule has 0 aromatic heterocycles. The second kappa shape index (κ2) is 18.3. The van der Waals surface area contributed by atoms with Gasteiger partial charge in [0.25, 0.3) is 0 Å². The van der Waals surface area contributed by atoms with E-state index in [-0.39, 0.29) is 0 Å². The van der Waals surface area contributed by atoms with Crippen LogP contribution in [-0.2, 0) is 51.9 Å². The van der Waals surface area contributed by atoms with Crippen LogP contribution >= 0.6 is 0 Å². The second-order valence-corrected chi connectivity index (χ2v) is 12.7. The summed E-state index contributed by atoms with van der Waals surface area (Å²) in [6.07, 6.45) is 10.4. The van der Waals surface area contributed by atoms with Gasteiger partial charge in [0.2, 0.25) is 0 Å². The Kier molecular flexibility index (Phi) is 13.3. The lowest BCUT2D eigenvalue weighted by atomic mass is 9.88. The maximum Gasteiger partial charge on any atom is 0.0184 e. The van der Waals surface area contributed by atoms with Crippen molar-refractivity contribution < 1.29 is 0 Å². The number of hydrogen-bond acceptors (Lipinski definition) is 4. The van der Waals surface area contributed by atoms with Crippen molar-refractivity contribution in [1.29, 1.82) is 0 Å². The van der Waals surface area contributed by atoms with Gasteiger partial charge in [0.05, 0.1) is 0 Å². The van der Waals surface area contributed by atoms with Crippen molar-refractivity contribution in [3.63, 3.8) is 0 Å². The molecule has 248 valence electrons. The maximum atomic E-state index is 5.67. The average Bonchev–Trinajstić information content (AvgIpc) is 3.17. The van der Waals surface area contributed by atoms with Crippen molar-refractivity contribution in [2.24, 2.45) is 22.9 Å². The quantitative estimate of drug-likeness (QED) is 0.155. The van der Waals surface area contributed by atoms with Crippen LogP contribution in [0.1, 0.15) is 70.2 Å². The van der Waals surface area contributed by atoms with Crippen LogP contribution in [0, 0.1) is 0 Å². The highest BCUT2D eigenvalue weighted by Gasteiger charge is 2.11. The van der Waals surface area contributed by atoms with Crippen molar-refractivity contribution >= 4 is 21.5 Å². The van der Waals surface area contributed by atoms with Gasteiger partial charge in [-0.15, -0.1) is 0 Å². The topological polar surface area (TPSA) is 104 Å². The highest BCUT2D eigenvalue weighted by atomic mass is 14.5. The fraction of sp³-hybridized carbons (Fsp3) is 0.273. The molecule has 0 unspecified atom stereocenters. The van der Waals surface area contributed by atoms with E-state index in [1.54, 1.807) is 5.56 Å². The van der Waals surface area contributed by atoms with Gasteiger partial charge in [0.15, 0.2) is 0 Å². The van der Waals surface area contributed by atoms with Gasteiger partial charge in [-0.05, 0) is 123 Å². The van der Waals surface area contributed by atoms with Crippen molar-refractivity contribution in [1.82, 2.24) is 0 Å². The molecule has 0 saturated heterocycles. The van der Waals surface area contributed by atoms with E-state index in [2.05, 4.69) is 91.0 Å². The van der Waals surface area contributed by atoms with Crippen molar-refractivity contribution in [2.45, 2.75) is 77.5 Å². The minimum absolute atomic E-state index is 0.612. The second-order valence-electron chi connectivity index (χ2n) is 12.7. The Labute approximate surface area is 287 Å². The first kappa shape index (κ1) is 35.0. The van der Waals surface area contributed by atoms with Crippen LogP contribution in [0.25, 0.3) is 21.5 Å². The molecule has 0 saturated carbocycles. The lowest BCUT2D eigenvalue weighted by Gasteiger charge is -2.18. The van der Waals surface area contributed by atoms with E-state index in [4.69, 9.17) is 22.9 Å². The van der Waals surface area contributed by atoms with E-state index in [0.717, 1.165) is 0 Å². The molecule has 0 spiro atoms. The summed E-state index contributed by atoms with van der Waals surface area (Å²) in [5.41, 5.74) is 33.6. The molecule has 2 aliphatic carbocycles. The lowest BCUT2D eigenvalue weighted by molar-refractivity contribution is 0.678. The molecule has 8 rings (SSSR count). The molecule has 4 nitrogen and oxygen atoms in total. The van der Waals surface area contributed by atoms with Crippen molar-refractivity contribution in [3.05, 3.63) is 166 Å². The minimum Gasteiger partial charge on any atom is -0.326 e. The monoisotopic (exact) mass is 636 g/mol. The Morgan fingerprint density at radius 1 is 0.375 bits per heavy atom. The minimum atomic E-state index is 0.612. The lowest BCUT2D eigenvalue weighted by Crippen LogP contribution is -2.08. The largest absolute Gasteiger partial charge is 0.326 e. The first-order valence-corrected chi connectivity index (χ1v) is 17.6. The van der Waals surface area contributed by atoms with Crippen LogP contribution in [0.2, 0.25) is 0 Å². The number of hydrogen-bond donors (Lipinski definition) is 4. The molecular weight excluding hydrogens is 585 g/mol. The van der Waals surface area contributed by atoms with Crippen LogP contribution in [0.4, 0.5) is 0 Å². The Morgan fingerprint density at radius 2 is 0.938 bits per heavy atom. The summed E-state index contributed by atoms with van der Waals surface area (Å²) < 4.78 is 0. The van der Waals surface area contributed by atoms with Gasteiger partial charge < -0.3 is 22.9 Å². The fourth-order valence-corrected chi connectivity index (χ4v) is 6.80. The Hall–Kier alpha value is -4.32. The van der Waals surface area contributed by atoms with Crippen molar-refractivity contribution in [3.8, 4) is 0 Å². The molecule has 0 fully saturated rings. The third-order valence-corrected chi connectivity index (χ3v) is 9.51. The van der Waals surface area contributed by atoms with E-state index in [1.165, 1.54) is 112 Å². The first-order valence-electron chi connectivity index (χ1n) is 17.6. The molecule has 0 heterocycles. The van der Waals surface area contributed by atoms with Crippen LogP contribution in [0.15, 0.2) is 121 Å². The van der Waals surface area contributed by atoms with Gasteiger partial charge in [-0.1, -0.05) is 115 Å². The van der Waals surface area contributed by atoms with Gasteiger partial charge in [-0.2, -0.15) is 0 Å². The molecule has 48 heavy (non-hydrogen) atoms. The normalized spacial score (nSPS) is 13.1. The summed E-state index contributed by atoms with van der Waals surface area (Å²) >= 11 is 0. The number of nitrogens with two attached hydrogens (primary N) is 4. The Bertz CT molecular complexity index is 1870. The molecule has 8 N–H and O–H groups in total. The van der Waals surface area contributed by atoms with Gasteiger partial charge in [0, 0.05) is 26.2 Å². The molecular formula is C44H52N4. The number of rotatable bonds is 4. The van der Waals surface area contributed by atoms with Crippen LogP contribution in [0.5, 0.6) is 0 Å². The Balaban J connectivity index is 0.000000125. The average molecular weight is 637 g/mol. The summed E-state index contributed by atoms with van der Waals surface area (Å²) in [5.74, 6) is 0. The van der Waals surface area contributed by atoms with Crippen LogP contribution in [-0.4, -0.2) is 0 Å². The molecule has 6 aromatic rings. The molecule has 4 heteroatoms. The number of fused-ring (bicyclic) bond motifs is 4. The summed E-state index contributed by atoms with van der Waals surface area (Å²) in [6.45, 7) is 2.60. The van der Waals surface area contributed by atoms with Gasteiger partial charge in [0.1, 0.15) is 0 Å². The maximum absolute atomic E-state index is 5.67. The van der Waals surface area contributed by atoms with Gasteiger partial charge in [-0.25, -0.2) is 0 Å². The van der Waals surface area contributed by atoms with Crippen molar-refractivity contribution in [2.75, 3.05) is 0 Å². The van der Waals surface area contributed by atoms with E-state index in [1.807, 2.05) is 30.3 Å². The molecule has 0 atom stereocenters. The zero-order chi connectivity index (χ0) is 33.6. The smallest absolute Gasteiger partial charge is 0.0184 e. The van der Waals surface area contributed by atoms with E-state index in [9.17, 15) is 0 Å². The predicted molar refractivity (Wildman–Crippen MR) is 206 cm³/mol. The molecule has 0 radical (unpaired) electrons. The summed E-state index contributed by atoms with van der Waals surface area (Å²) in [4.78, 5) is 0. The third kappa shape index (κ3) is 9.40. The molecule has 2 aliphatic rings. The van der Waals surface area contributed by atoms with E-state index >= 15 is 0 Å². The first-order chi connectivity index (χ1) is 23.6. The zero-order valence-electron chi connectivity index (χ0n) is 28.3. The Morgan fingerprint density at radius 3 is 1.69 bits per heavy atom. The molecule has 0 aliphatic heterocycles. The highest BCUT2D eigenvalue weighted by molar-refractivity contribution is 5.85. The zero-order valence-corrected chi connectivity index (χ0v) is 28.3. The molecule has 0 bridgehead atoms. The molecule has 6 aromatic carbocycles. The highest BCUT2D eigenvalue weighted by Crippen LogP contribution is 2.24. The summed E-state index contributed by atoms with van der Waals surface area (Å²) in [6, 6.07) is 42.4. The van der Waals surface area contributed by atoms with Gasteiger partial charge >= 0.3 is 0 Å². The summed E-state index contributed by atoms with van der Waals surface area (Å²) in [7, 11) is 0. The van der Waals surface area contributed by atoms with E-state index in [0.29, 0.717) is 26.2 Å². The van der Waals surface area contributed by atoms with Gasteiger partial charge in [-0.3, -0.25) is 0 Å². The van der Waals surface area contributed by atoms with Crippen LogP contribution < -0.4 is 22.9 Å². The standard InChI is InChI=1S/C11H15N.C11H11N.C11H15N.C11H11N/c2*12-8-10-6-3-5-9-4-1-2-7-11(9)10;2*12-8-9-5-6-10-3-1-2-4-11(10)7-9/h3,5-6H,1-2,4,7-8,12H2;1-7H,8,12H2;5-7H,1-4,8,12H2;1-7H,8,12H2. The van der Waals surface area contributed by atoms with Crippen LogP contribution in [0.3, 0.4) is 0 Å². The predicted octanol–water partition coefficient (Wildman–Crippen LogP) is 8.65. The molecule has 0 amide bonds. The fourth-order valence-electron chi connectivity index (χ4n) is 6.80.